The summed E-state index contributed by atoms with van der Waals surface area (Å²) >= 11 is 7.57. The Morgan fingerprint density at radius 3 is 2.62 bits per heavy atom. The van der Waals surface area contributed by atoms with Crippen molar-refractivity contribution in [3.05, 3.63) is 52.8 Å². The van der Waals surface area contributed by atoms with Gasteiger partial charge < -0.3 is 15.5 Å². The number of rotatable bonds is 3. The lowest BCUT2D eigenvalue weighted by atomic mass is 10.2. The molecule has 3 aromatic rings. The maximum Gasteiger partial charge on any atom is 0.193 e. The Bertz CT molecular complexity index is 854. The highest BCUT2D eigenvalue weighted by Crippen LogP contribution is 2.19. The molecule has 2 aromatic heterocycles. The minimum Gasteiger partial charge on any atom is -0.370 e. The number of anilines is 1. The van der Waals surface area contributed by atoms with Crippen LogP contribution in [0.2, 0.25) is 5.02 Å². The number of halogens is 2. The number of fused-ring (bicyclic) bond motifs is 1. The summed E-state index contributed by atoms with van der Waals surface area (Å²) in [6, 6.07) is 7.96. The summed E-state index contributed by atoms with van der Waals surface area (Å²) in [7, 11) is 0. The highest BCUT2D eigenvalue weighted by molar-refractivity contribution is 14.0. The van der Waals surface area contributed by atoms with E-state index in [1.165, 1.54) is 5.69 Å². The van der Waals surface area contributed by atoms with Crippen molar-refractivity contribution >= 4 is 63.5 Å². The van der Waals surface area contributed by atoms with Gasteiger partial charge in [0.2, 0.25) is 0 Å². The van der Waals surface area contributed by atoms with Gasteiger partial charge in [-0.2, -0.15) is 0 Å². The van der Waals surface area contributed by atoms with Crippen LogP contribution in [0.3, 0.4) is 0 Å². The van der Waals surface area contributed by atoms with Crippen LogP contribution >= 0.6 is 46.9 Å². The summed E-state index contributed by atoms with van der Waals surface area (Å²) in [5, 5.41) is 2.78. The fourth-order valence-corrected chi connectivity index (χ4v) is 3.80. The van der Waals surface area contributed by atoms with Gasteiger partial charge in [0.15, 0.2) is 10.9 Å². The van der Waals surface area contributed by atoms with Crippen molar-refractivity contribution in [1.29, 1.82) is 0 Å². The van der Waals surface area contributed by atoms with Gasteiger partial charge in [0, 0.05) is 54.7 Å². The van der Waals surface area contributed by atoms with Gasteiger partial charge in [-0.1, -0.05) is 11.6 Å². The topological polar surface area (TPSA) is 62.2 Å². The Hall–Kier alpha value is -1.52. The molecular formula is C17H20ClIN6S. The minimum atomic E-state index is 0. The fourth-order valence-electron chi connectivity index (χ4n) is 2.96. The second-order valence-corrected chi connectivity index (χ2v) is 7.26. The number of piperazine rings is 1. The normalized spacial score (nSPS) is 15.3. The molecule has 0 aliphatic carbocycles. The number of nitrogens with zero attached hydrogens (tertiary/aromatic N) is 5. The van der Waals surface area contributed by atoms with Crippen molar-refractivity contribution in [3.8, 4) is 0 Å². The smallest absolute Gasteiger partial charge is 0.193 e. The predicted octanol–water partition coefficient (Wildman–Crippen LogP) is 3.30. The van der Waals surface area contributed by atoms with Crippen molar-refractivity contribution in [2.24, 2.45) is 10.7 Å². The van der Waals surface area contributed by atoms with E-state index >= 15 is 0 Å². The quantitative estimate of drug-likeness (QED) is 0.339. The lowest BCUT2D eigenvalue weighted by molar-refractivity contribution is 0.380. The third-order valence-electron chi connectivity index (χ3n) is 4.34. The van der Waals surface area contributed by atoms with Crippen LogP contribution in [0.1, 0.15) is 5.69 Å². The molecule has 0 atom stereocenters. The Morgan fingerprint density at radius 1 is 1.19 bits per heavy atom. The van der Waals surface area contributed by atoms with E-state index in [1.54, 1.807) is 11.3 Å². The van der Waals surface area contributed by atoms with E-state index < -0.39 is 0 Å². The number of nitrogens with two attached hydrogens (primary N) is 1. The maximum atomic E-state index is 6.18. The summed E-state index contributed by atoms with van der Waals surface area (Å²) in [6.45, 7) is 4.06. The maximum absolute atomic E-state index is 6.18. The molecule has 4 rings (SSSR count). The first-order valence-electron chi connectivity index (χ1n) is 8.15. The third kappa shape index (κ3) is 4.24. The van der Waals surface area contributed by atoms with Gasteiger partial charge in [0.05, 0.1) is 12.2 Å². The summed E-state index contributed by atoms with van der Waals surface area (Å²) in [4.78, 5) is 14.5. The predicted molar refractivity (Wildman–Crippen MR) is 119 cm³/mol. The number of thiazole rings is 1. The second-order valence-electron chi connectivity index (χ2n) is 5.95. The molecule has 0 amide bonds. The van der Waals surface area contributed by atoms with Crippen LogP contribution < -0.4 is 10.6 Å². The SMILES string of the molecule is I.NC(=NCc1cn2ccsc2n1)N1CCN(c2ccc(Cl)cc2)CC1. The van der Waals surface area contributed by atoms with Crippen LogP contribution in [0.5, 0.6) is 0 Å². The Labute approximate surface area is 178 Å². The zero-order valence-electron chi connectivity index (χ0n) is 14.1. The van der Waals surface area contributed by atoms with Crippen molar-refractivity contribution in [2.45, 2.75) is 6.54 Å². The summed E-state index contributed by atoms with van der Waals surface area (Å²) in [5.74, 6) is 0.590. The van der Waals surface area contributed by atoms with Crippen molar-refractivity contribution < 1.29 is 0 Å². The number of imidazole rings is 1. The van der Waals surface area contributed by atoms with Crippen LogP contribution in [0.15, 0.2) is 47.0 Å². The Kier molecular flexibility index (Phi) is 6.25. The van der Waals surface area contributed by atoms with Crippen molar-refractivity contribution in [3.63, 3.8) is 0 Å². The van der Waals surface area contributed by atoms with Gasteiger partial charge in [0.25, 0.3) is 0 Å². The molecule has 0 spiro atoms. The van der Waals surface area contributed by atoms with Gasteiger partial charge in [-0.15, -0.1) is 35.3 Å². The van der Waals surface area contributed by atoms with E-state index in [-0.39, 0.29) is 24.0 Å². The molecule has 1 aromatic carbocycles. The molecule has 0 bridgehead atoms. The van der Waals surface area contributed by atoms with Gasteiger partial charge in [-0.3, -0.25) is 4.40 Å². The molecule has 0 saturated carbocycles. The number of aromatic nitrogens is 2. The van der Waals surface area contributed by atoms with Crippen LogP contribution in [0.4, 0.5) is 5.69 Å². The first kappa shape index (κ1) is 19.2. The molecule has 0 unspecified atom stereocenters. The molecule has 1 aliphatic heterocycles. The summed E-state index contributed by atoms with van der Waals surface area (Å²) in [6.07, 6.45) is 4.00. The number of hydrogen-bond acceptors (Lipinski definition) is 4. The summed E-state index contributed by atoms with van der Waals surface area (Å²) < 4.78 is 2.01. The average Bonchev–Trinajstić information content (AvgIpc) is 3.22. The summed E-state index contributed by atoms with van der Waals surface area (Å²) in [5.41, 5.74) is 8.31. The zero-order valence-corrected chi connectivity index (χ0v) is 18.0. The van der Waals surface area contributed by atoms with E-state index in [0.29, 0.717) is 12.5 Å². The lowest BCUT2D eigenvalue weighted by Gasteiger charge is -2.36. The largest absolute Gasteiger partial charge is 0.370 e. The van der Waals surface area contributed by atoms with Gasteiger partial charge >= 0.3 is 0 Å². The molecule has 2 N–H and O–H groups in total. The van der Waals surface area contributed by atoms with Gasteiger partial charge in [0.1, 0.15) is 0 Å². The number of benzene rings is 1. The standard InChI is InChI=1S/C17H19ClN6S.HI/c18-13-1-3-15(4-2-13)22-5-7-23(8-6-22)16(19)20-11-14-12-24-9-10-25-17(24)21-14;/h1-4,9-10,12H,5-8,11H2,(H2,19,20);1H. The highest BCUT2D eigenvalue weighted by Gasteiger charge is 2.18. The monoisotopic (exact) mass is 502 g/mol. The molecule has 1 saturated heterocycles. The van der Waals surface area contributed by atoms with Crippen molar-refractivity contribution in [2.75, 3.05) is 31.1 Å². The molecular weight excluding hydrogens is 483 g/mol. The third-order valence-corrected chi connectivity index (χ3v) is 5.36. The van der Waals surface area contributed by atoms with Gasteiger partial charge in [-0.05, 0) is 24.3 Å². The van der Waals surface area contributed by atoms with Gasteiger partial charge in [-0.25, -0.2) is 9.98 Å². The molecule has 0 radical (unpaired) electrons. The highest BCUT2D eigenvalue weighted by atomic mass is 127. The Morgan fingerprint density at radius 2 is 1.92 bits per heavy atom. The molecule has 6 nitrogen and oxygen atoms in total. The number of guanidine groups is 1. The van der Waals surface area contributed by atoms with Crippen LogP contribution in [0, 0.1) is 0 Å². The molecule has 1 fully saturated rings. The number of hydrogen-bond donors (Lipinski definition) is 1. The van der Waals surface area contributed by atoms with Crippen LogP contribution in [-0.2, 0) is 6.54 Å². The lowest BCUT2D eigenvalue weighted by Crippen LogP contribution is -2.51. The van der Waals surface area contributed by atoms with E-state index in [2.05, 4.69) is 31.9 Å². The van der Waals surface area contributed by atoms with E-state index in [9.17, 15) is 0 Å². The van der Waals surface area contributed by atoms with Crippen LogP contribution in [-0.4, -0.2) is 46.4 Å². The second kappa shape index (κ2) is 8.45. The average molecular weight is 503 g/mol. The van der Waals surface area contributed by atoms with E-state index in [0.717, 1.165) is 41.9 Å². The molecule has 26 heavy (non-hydrogen) atoms. The van der Waals surface area contributed by atoms with Crippen LogP contribution in [0.25, 0.3) is 4.96 Å². The van der Waals surface area contributed by atoms with E-state index in [4.69, 9.17) is 17.3 Å². The first-order chi connectivity index (χ1) is 12.2. The fraction of sp³-hybridized carbons (Fsp3) is 0.294. The molecule has 9 heteroatoms. The van der Waals surface area contributed by atoms with Crippen molar-refractivity contribution in [1.82, 2.24) is 14.3 Å². The molecule has 1 aliphatic rings. The molecule has 138 valence electrons. The zero-order chi connectivity index (χ0) is 17.2. The molecule has 3 heterocycles. The minimum absolute atomic E-state index is 0. The van der Waals surface area contributed by atoms with E-state index in [1.807, 2.05) is 34.3 Å². The first-order valence-corrected chi connectivity index (χ1v) is 9.41. The Balaban J connectivity index is 0.00000196. The number of aliphatic imine (C=N–C) groups is 1.